The number of carbonyl (C=O) groups is 1. The van der Waals surface area contributed by atoms with Crippen molar-refractivity contribution in [3.05, 3.63) is 64.8 Å². The average Bonchev–Trinajstić information content (AvgIpc) is 3.28. The number of aromatic nitrogens is 4. The van der Waals surface area contributed by atoms with Crippen LogP contribution in [0.2, 0.25) is 0 Å². The molecule has 0 unspecified atom stereocenters. The summed E-state index contributed by atoms with van der Waals surface area (Å²) in [6.07, 6.45) is -5.22. The summed E-state index contributed by atoms with van der Waals surface area (Å²) in [5.41, 5.74) is 5.52. The molecule has 14 heteroatoms. The standard InChI is InChI=1S/C29H29F6N7O/c1-15-20(8-10-23-21(15)14-37-27(39-23)38-19-6-4-18(36)5-7-19)24-13-25(41-42(24)2)40-26(43)12-16-11-17(28(30,31)32)3-9-22(16)29(33,34)35/h3,8-11,13-14,18-19H,4-7,12,36H2,1-2H3,(H,37,38,39)(H,40,41,43). The van der Waals surface area contributed by atoms with Crippen LogP contribution >= 0.6 is 0 Å². The summed E-state index contributed by atoms with van der Waals surface area (Å²) < 4.78 is 81.2. The molecule has 0 spiro atoms. The monoisotopic (exact) mass is 605 g/mol. The molecule has 1 aliphatic carbocycles. The van der Waals surface area contributed by atoms with E-state index in [0.29, 0.717) is 29.8 Å². The molecule has 1 saturated carbocycles. The van der Waals surface area contributed by atoms with Crippen LogP contribution in [0.4, 0.5) is 38.1 Å². The molecule has 1 amide bonds. The van der Waals surface area contributed by atoms with E-state index in [2.05, 4.69) is 25.7 Å². The number of rotatable bonds is 6. The molecule has 1 fully saturated rings. The molecule has 43 heavy (non-hydrogen) atoms. The van der Waals surface area contributed by atoms with E-state index in [0.717, 1.165) is 47.7 Å². The van der Waals surface area contributed by atoms with Crippen molar-refractivity contribution >= 4 is 28.6 Å². The van der Waals surface area contributed by atoms with Gasteiger partial charge >= 0.3 is 12.4 Å². The van der Waals surface area contributed by atoms with Crippen LogP contribution < -0.4 is 16.4 Å². The van der Waals surface area contributed by atoms with Gasteiger partial charge in [0.1, 0.15) is 0 Å². The number of fused-ring (bicyclic) bond motifs is 1. The lowest BCUT2D eigenvalue weighted by Gasteiger charge is -2.26. The van der Waals surface area contributed by atoms with E-state index in [4.69, 9.17) is 5.73 Å². The fourth-order valence-electron chi connectivity index (χ4n) is 5.37. The highest BCUT2D eigenvalue weighted by Gasteiger charge is 2.37. The van der Waals surface area contributed by atoms with Gasteiger partial charge in [0, 0.05) is 42.3 Å². The van der Waals surface area contributed by atoms with Gasteiger partial charge in [-0.3, -0.25) is 9.48 Å². The van der Waals surface area contributed by atoms with Crippen LogP contribution in [-0.2, 0) is 30.6 Å². The molecule has 4 aromatic rings. The molecule has 5 rings (SSSR count). The molecule has 2 aromatic heterocycles. The van der Waals surface area contributed by atoms with Crippen molar-refractivity contribution < 1.29 is 31.1 Å². The highest BCUT2D eigenvalue weighted by atomic mass is 19.4. The Hall–Kier alpha value is -4.20. The fraction of sp³-hybridized carbons (Fsp3) is 0.379. The van der Waals surface area contributed by atoms with Gasteiger partial charge in [-0.1, -0.05) is 6.07 Å². The molecule has 0 saturated heterocycles. The molecule has 0 aliphatic heterocycles. The summed E-state index contributed by atoms with van der Waals surface area (Å²) in [5, 5.41) is 10.8. The zero-order valence-corrected chi connectivity index (χ0v) is 23.3. The van der Waals surface area contributed by atoms with Gasteiger partial charge in [-0.15, -0.1) is 0 Å². The van der Waals surface area contributed by atoms with Gasteiger partial charge in [-0.2, -0.15) is 31.4 Å². The first-order valence-electron chi connectivity index (χ1n) is 13.6. The van der Waals surface area contributed by atoms with E-state index < -0.39 is 41.4 Å². The summed E-state index contributed by atoms with van der Waals surface area (Å²) in [6, 6.07) is 6.72. The Morgan fingerprint density at radius 3 is 2.42 bits per heavy atom. The Labute approximate surface area is 242 Å². The molecule has 228 valence electrons. The minimum Gasteiger partial charge on any atom is -0.351 e. The zero-order valence-electron chi connectivity index (χ0n) is 23.3. The third kappa shape index (κ3) is 6.74. The van der Waals surface area contributed by atoms with Crippen molar-refractivity contribution in [2.45, 2.75) is 63.5 Å². The largest absolute Gasteiger partial charge is 0.416 e. The SMILES string of the molecule is Cc1c(-c2cc(NC(=O)Cc3cc(C(F)(F)F)ccc3C(F)(F)F)nn2C)ccc2nc(NC3CCC(N)CC3)ncc12. The van der Waals surface area contributed by atoms with E-state index in [9.17, 15) is 31.1 Å². The Balaban J connectivity index is 1.34. The van der Waals surface area contributed by atoms with Gasteiger partial charge in [0.05, 0.1) is 28.8 Å². The summed E-state index contributed by atoms with van der Waals surface area (Å²) in [4.78, 5) is 21.8. The molecule has 0 bridgehead atoms. The smallest absolute Gasteiger partial charge is 0.351 e. The molecule has 2 heterocycles. The Bertz CT molecular complexity index is 1660. The lowest BCUT2D eigenvalue weighted by molar-refractivity contribution is -0.142. The van der Waals surface area contributed by atoms with Crippen molar-refractivity contribution in [2.75, 3.05) is 10.6 Å². The van der Waals surface area contributed by atoms with Crippen LogP contribution in [-0.4, -0.2) is 37.7 Å². The number of nitrogens with one attached hydrogen (secondary N) is 2. The molecule has 0 atom stereocenters. The summed E-state index contributed by atoms with van der Waals surface area (Å²) in [5.74, 6) is -0.385. The number of nitrogens with zero attached hydrogens (tertiary/aromatic N) is 4. The number of aryl methyl sites for hydroxylation is 2. The molecule has 8 nitrogen and oxygen atoms in total. The van der Waals surface area contributed by atoms with Crippen LogP contribution in [0.3, 0.4) is 0 Å². The predicted octanol–water partition coefficient (Wildman–Crippen LogP) is 6.24. The summed E-state index contributed by atoms with van der Waals surface area (Å²) >= 11 is 0. The van der Waals surface area contributed by atoms with E-state index in [1.165, 1.54) is 10.7 Å². The van der Waals surface area contributed by atoms with Crippen molar-refractivity contribution in [1.82, 2.24) is 19.7 Å². The maximum absolute atomic E-state index is 13.4. The summed E-state index contributed by atoms with van der Waals surface area (Å²) in [7, 11) is 1.63. The minimum atomic E-state index is -4.93. The lowest BCUT2D eigenvalue weighted by Crippen LogP contribution is -2.33. The van der Waals surface area contributed by atoms with Crippen LogP contribution in [0.25, 0.3) is 22.2 Å². The third-order valence-corrected chi connectivity index (χ3v) is 7.65. The van der Waals surface area contributed by atoms with E-state index in [-0.39, 0.29) is 17.9 Å². The number of carbonyl (C=O) groups excluding carboxylic acids is 1. The second kappa shape index (κ2) is 11.5. The highest BCUT2D eigenvalue weighted by Crippen LogP contribution is 2.37. The molecular formula is C29H29F6N7O. The Kier molecular flexibility index (Phi) is 8.07. The van der Waals surface area contributed by atoms with Crippen LogP contribution in [0.1, 0.15) is 47.9 Å². The van der Waals surface area contributed by atoms with Crippen LogP contribution in [0, 0.1) is 6.92 Å². The zero-order chi connectivity index (χ0) is 31.1. The van der Waals surface area contributed by atoms with Crippen molar-refractivity contribution in [1.29, 1.82) is 0 Å². The molecule has 1 aliphatic rings. The van der Waals surface area contributed by atoms with Crippen molar-refractivity contribution in [3.63, 3.8) is 0 Å². The molecule has 0 radical (unpaired) electrons. The normalized spacial score (nSPS) is 17.7. The first-order chi connectivity index (χ1) is 20.2. The summed E-state index contributed by atoms with van der Waals surface area (Å²) in [6.45, 7) is 1.88. The van der Waals surface area contributed by atoms with Gasteiger partial charge in [0.15, 0.2) is 5.82 Å². The van der Waals surface area contributed by atoms with Gasteiger partial charge in [0.25, 0.3) is 0 Å². The number of benzene rings is 2. The predicted molar refractivity (Wildman–Crippen MR) is 149 cm³/mol. The van der Waals surface area contributed by atoms with Crippen molar-refractivity contribution in [2.24, 2.45) is 12.8 Å². The number of halogens is 6. The number of hydrogen-bond donors (Lipinski definition) is 3. The van der Waals surface area contributed by atoms with E-state index in [1.807, 2.05) is 19.1 Å². The Morgan fingerprint density at radius 2 is 1.74 bits per heavy atom. The van der Waals surface area contributed by atoms with Gasteiger partial charge in [0.2, 0.25) is 11.9 Å². The highest BCUT2D eigenvalue weighted by molar-refractivity contribution is 5.93. The number of amides is 1. The molecule has 4 N–H and O–H groups in total. The lowest BCUT2D eigenvalue weighted by atomic mass is 9.92. The fourth-order valence-corrected chi connectivity index (χ4v) is 5.37. The second-order valence-electron chi connectivity index (χ2n) is 10.8. The maximum atomic E-state index is 13.4. The topological polar surface area (TPSA) is 111 Å². The quantitative estimate of drug-likeness (QED) is 0.225. The third-order valence-electron chi connectivity index (χ3n) is 7.65. The first kappa shape index (κ1) is 30.3. The Morgan fingerprint density at radius 1 is 1.02 bits per heavy atom. The van der Waals surface area contributed by atoms with Gasteiger partial charge in [-0.05, 0) is 68.0 Å². The number of nitrogens with two attached hydrogens (primary N) is 1. The van der Waals surface area contributed by atoms with Crippen molar-refractivity contribution in [3.8, 4) is 11.3 Å². The number of anilines is 2. The average molecular weight is 606 g/mol. The van der Waals surface area contributed by atoms with Gasteiger partial charge < -0.3 is 16.4 Å². The number of hydrogen-bond acceptors (Lipinski definition) is 6. The second-order valence-corrected chi connectivity index (χ2v) is 10.8. The van der Waals surface area contributed by atoms with Crippen LogP contribution in [0.15, 0.2) is 42.6 Å². The van der Waals surface area contributed by atoms with E-state index in [1.54, 1.807) is 13.2 Å². The van der Waals surface area contributed by atoms with Crippen LogP contribution in [0.5, 0.6) is 0 Å². The molecular weight excluding hydrogens is 576 g/mol. The first-order valence-corrected chi connectivity index (χ1v) is 13.6. The van der Waals surface area contributed by atoms with E-state index >= 15 is 0 Å². The van der Waals surface area contributed by atoms with Gasteiger partial charge in [-0.25, -0.2) is 9.97 Å². The maximum Gasteiger partial charge on any atom is 0.416 e. The minimum absolute atomic E-state index is 0.0329. The molecule has 2 aromatic carbocycles. The number of alkyl halides is 6.